The first-order valence-electron chi connectivity index (χ1n) is 6.20. The Kier molecular flexibility index (Phi) is 4.36. The molecule has 2 aromatic rings. The fourth-order valence-electron chi connectivity index (χ4n) is 2.01. The average molecular weight is 283 g/mol. The van der Waals surface area contributed by atoms with E-state index in [9.17, 15) is 10.1 Å². The van der Waals surface area contributed by atoms with Gasteiger partial charge in [-0.05, 0) is 18.2 Å². The van der Waals surface area contributed by atoms with Crippen molar-refractivity contribution in [3.05, 3.63) is 63.7 Å². The summed E-state index contributed by atoms with van der Waals surface area (Å²) < 4.78 is 5.23. The average Bonchev–Trinajstić information content (AvgIpc) is 2.52. The number of nitrogens with one attached hydrogen (secondary N) is 1. The minimum absolute atomic E-state index is 0.0324. The van der Waals surface area contributed by atoms with Gasteiger partial charge in [0, 0.05) is 12.1 Å². The highest BCUT2D eigenvalue weighted by atomic mass is 16.6. The van der Waals surface area contributed by atoms with E-state index in [4.69, 9.17) is 10.00 Å². The van der Waals surface area contributed by atoms with Gasteiger partial charge in [-0.15, -0.1) is 0 Å². The minimum atomic E-state index is -0.552. The van der Waals surface area contributed by atoms with E-state index in [0.29, 0.717) is 18.0 Å². The molecule has 0 fully saturated rings. The Hall–Kier alpha value is -3.07. The lowest BCUT2D eigenvalue weighted by Gasteiger charge is -2.11. The van der Waals surface area contributed by atoms with Crippen LogP contribution in [0.15, 0.2) is 42.5 Å². The number of nitriles is 1. The second-order valence-electron chi connectivity index (χ2n) is 4.24. The van der Waals surface area contributed by atoms with Crippen molar-refractivity contribution in [1.29, 1.82) is 5.26 Å². The van der Waals surface area contributed by atoms with Crippen molar-refractivity contribution in [2.24, 2.45) is 0 Å². The fraction of sp³-hybridized carbons (Fsp3) is 0.133. The van der Waals surface area contributed by atoms with E-state index in [1.807, 2.05) is 30.3 Å². The van der Waals surface area contributed by atoms with Gasteiger partial charge in [0.2, 0.25) is 0 Å². The van der Waals surface area contributed by atoms with E-state index in [2.05, 4.69) is 5.32 Å². The lowest BCUT2D eigenvalue weighted by atomic mass is 10.1. The Labute approximate surface area is 121 Å². The molecule has 0 unspecified atom stereocenters. The molecular formula is C15H13N3O3. The maximum atomic E-state index is 11.1. The largest absolute Gasteiger partial charge is 0.496 e. The number of ether oxygens (including phenoxy) is 1. The first-order chi connectivity index (χ1) is 10.2. The second-order valence-corrected chi connectivity index (χ2v) is 4.24. The third-order valence-corrected chi connectivity index (χ3v) is 3.00. The zero-order valence-corrected chi connectivity index (χ0v) is 11.4. The molecule has 0 aromatic heterocycles. The summed E-state index contributed by atoms with van der Waals surface area (Å²) in [7, 11) is 1.57. The number of rotatable bonds is 5. The van der Waals surface area contributed by atoms with Gasteiger partial charge < -0.3 is 10.1 Å². The fourth-order valence-corrected chi connectivity index (χ4v) is 2.01. The molecular weight excluding hydrogens is 270 g/mol. The van der Waals surface area contributed by atoms with E-state index < -0.39 is 4.92 Å². The number of hydrogen-bond acceptors (Lipinski definition) is 5. The maximum absolute atomic E-state index is 11.1. The van der Waals surface area contributed by atoms with Gasteiger partial charge in [-0.25, -0.2) is 0 Å². The smallest absolute Gasteiger partial charge is 0.309 e. The first-order valence-corrected chi connectivity index (χ1v) is 6.20. The van der Waals surface area contributed by atoms with Crippen LogP contribution in [0.5, 0.6) is 5.75 Å². The van der Waals surface area contributed by atoms with Crippen molar-refractivity contribution in [2.45, 2.75) is 6.54 Å². The Bertz CT molecular complexity index is 708. The topological polar surface area (TPSA) is 88.2 Å². The number of hydrogen-bond donors (Lipinski definition) is 1. The van der Waals surface area contributed by atoms with Crippen LogP contribution in [0.3, 0.4) is 0 Å². The normalized spacial score (nSPS) is 9.71. The van der Waals surface area contributed by atoms with Gasteiger partial charge in [0.1, 0.15) is 23.1 Å². The maximum Gasteiger partial charge on any atom is 0.309 e. The van der Waals surface area contributed by atoms with Gasteiger partial charge in [0.05, 0.1) is 12.0 Å². The summed E-state index contributed by atoms with van der Waals surface area (Å²) in [5.74, 6) is 0.698. The number of methoxy groups -OCH3 is 1. The molecule has 21 heavy (non-hydrogen) atoms. The van der Waals surface area contributed by atoms with E-state index >= 15 is 0 Å². The van der Waals surface area contributed by atoms with Crippen molar-refractivity contribution >= 4 is 11.4 Å². The molecule has 0 amide bonds. The highest BCUT2D eigenvalue weighted by Crippen LogP contribution is 2.29. The number of anilines is 1. The summed E-state index contributed by atoms with van der Waals surface area (Å²) in [6.07, 6.45) is 0. The Morgan fingerprint density at radius 1 is 1.29 bits per heavy atom. The molecule has 106 valence electrons. The molecule has 0 heterocycles. The first kappa shape index (κ1) is 14.3. The lowest BCUT2D eigenvalue weighted by Crippen LogP contribution is -2.05. The predicted molar refractivity (Wildman–Crippen MR) is 78.1 cm³/mol. The van der Waals surface area contributed by atoms with Crippen LogP contribution in [0.1, 0.15) is 11.1 Å². The molecule has 0 aliphatic carbocycles. The zero-order chi connectivity index (χ0) is 15.2. The summed E-state index contributed by atoms with van der Waals surface area (Å²) in [5.41, 5.74) is 1.00. The molecule has 6 nitrogen and oxygen atoms in total. The van der Waals surface area contributed by atoms with Crippen LogP contribution in [0, 0.1) is 21.4 Å². The van der Waals surface area contributed by atoms with Crippen LogP contribution in [-0.2, 0) is 6.54 Å². The van der Waals surface area contributed by atoms with Gasteiger partial charge in [-0.2, -0.15) is 5.26 Å². The highest BCUT2D eigenvalue weighted by molar-refractivity contribution is 5.68. The van der Waals surface area contributed by atoms with Gasteiger partial charge in [0.25, 0.3) is 0 Å². The zero-order valence-electron chi connectivity index (χ0n) is 11.4. The van der Waals surface area contributed by atoms with Gasteiger partial charge in [0.15, 0.2) is 0 Å². The number of nitrogens with zero attached hydrogens (tertiary/aromatic N) is 2. The Morgan fingerprint density at radius 3 is 2.71 bits per heavy atom. The number of para-hydroxylation sites is 2. The molecule has 6 heteroatoms. The van der Waals surface area contributed by atoms with Crippen LogP contribution < -0.4 is 10.1 Å². The van der Waals surface area contributed by atoms with Crippen molar-refractivity contribution in [3.8, 4) is 11.8 Å². The van der Waals surface area contributed by atoms with Crippen LogP contribution in [0.4, 0.5) is 11.4 Å². The minimum Gasteiger partial charge on any atom is -0.496 e. The van der Waals surface area contributed by atoms with Crippen molar-refractivity contribution in [3.63, 3.8) is 0 Å². The van der Waals surface area contributed by atoms with Crippen molar-refractivity contribution in [2.75, 3.05) is 12.4 Å². The van der Waals surface area contributed by atoms with Crippen LogP contribution in [-0.4, -0.2) is 12.0 Å². The van der Waals surface area contributed by atoms with Gasteiger partial charge in [-0.1, -0.05) is 24.3 Å². The standard InChI is InChI=1S/C15H13N3O3/c1-21-14-8-3-2-5-12(14)10-17-13-7-4-6-11(9-16)15(13)18(19)20/h2-8,17H,10H2,1H3. The molecule has 2 aromatic carbocycles. The summed E-state index contributed by atoms with van der Waals surface area (Å²) in [6, 6.07) is 13.8. The molecule has 0 saturated heterocycles. The third-order valence-electron chi connectivity index (χ3n) is 3.00. The summed E-state index contributed by atoms with van der Waals surface area (Å²) >= 11 is 0. The SMILES string of the molecule is COc1ccccc1CNc1cccc(C#N)c1[N+](=O)[O-]. The molecule has 0 spiro atoms. The van der Waals surface area contributed by atoms with Crippen LogP contribution >= 0.6 is 0 Å². The van der Waals surface area contributed by atoms with Gasteiger partial charge in [-0.3, -0.25) is 10.1 Å². The van der Waals surface area contributed by atoms with Crippen LogP contribution in [0.25, 0.3) is 0 Å². The van der Waals surface area contributed by atoms with E-state index in [0.717, 1.165) is 5.56 Å². The Balaban J connectivity index is 2.29. The lowest BCUT2D eigenvalue weighted by molar-refractivity contribution is -0.384. The predicted octanol–water partition coefficient (Wildman–Crippen LogP) is 3.09. The van der Waals surface area contributed by atoms with E-state index in [1.54, 1.807) is 19.2 Å². The number of nitro groups is 1. The van der Waals surface area contributed by atoms with Crippen molar-refractivity contribution in [1.82, 2.24) is 0 Å². The molecule has 1 N–H and O–H groups in total. The molecule has 2 rings (SSSR count). The molecule has 0 aliphatic rings. The molecule has 0 bridgehead atoms. The number of nitro benzene ring substituents is 1. The third kappa shape index (κ3) is 3.09. The molecule has 0 radical (unpaired) electrons. The quantitative estimate of drug-likeness (QED) is 0.673. The van der Waals surface area contributed by atoms with Crippen molar-refractivity contribution < 1.29 is 9.66 Å². The second kappa shape index (κ2) is 6.39. The monoisotopic (exact) mass is 283 g/mol. The van der Waals surface area contributed by atoms with Gasteiger partial charge >= 0.3 is 5.69 Å². The van der Waals surface area contributed by atoms with E-state index in [-0.39, 0.29) is 11.3 Å². The summed E-state index contributed by atoms with van der Waals surface area (Å²) in [4.78, 5) is 10.6. The van der Waals surface area contributed by atoms with E-state index in [1.165, 1.54) is 6.07 Å². The van der Waals surface area contributed by atoms with Crippen LogP contribution in [0.2, 0.25) is 0 Å². The molecule has 0 atom stereocenters. The highest BCUT2D eigenvalue weighted by Gasteiger charge is 2.19. The summed E-state index contributed by atoms with van der Waals surface area (Å²) in [5, 5.41) is 23.1. The summed E-state index contributed by atoms with van der Waals surface area (Å²) in [6.45, 7) is 0.361. The molecule has 0 aliphatic heterocycles. The molecule has 0 saturated carbocycles. The number of benzene rings is 2. The Morgan fingerprint density at radius 2 is 2.05 bits per heavy atom.